The molecule has 3 fully saturated rings. The van der Waals surface area contributed by atoms with Crippen LogP contribution >= 0.6 is 11.6 Å². The summed E-state index contributed by atoms with van der Waals surface area (Å²) in [6.07, 6.45) is 0. The second kappa shape index (κ2) is 2.91. The molecule has 6 heteroatoms. The van der Waals surface area contributed by atoms with Crippen molar-refractivity contribution in [1.82, 2.24) is 9.97 Å². The van der Waals surface area contributed by atoms with Crippen LogP contribution in [0, 0.1) is 0 Å². The number of hydrogen-bond acceptors (Lipinski definition) is 5. The van der Waals surface area contributed by atoms with Gasteiger partial charge in [0.2, 0.25) is 5.95 Å². The molecule has 16 heavy (non-hydrogen) atoms. The Morgan fingerprint density at radius 1 is 0.750 bits per heavy atom. The Labute approximate surface area is 98.6 Å². The van der Waals surface area contributed by atoms with Gasteiger partial charge < -0.3 is 14.7 Å². The first-order valence-electron chi connectivity index (χ1n) is 5.65. The predicted octanol–water partition coefficient (Wildman–Crippen LogP) is 0.590. The van der Waals surface area contributed by atoms with Crippen LogP contribution in [0.25, 0.3) is 0 Å². The van der Waals surface area contributed by atoms with Gasteiger partial charge >= 0.3 is 0 Å². The Kier molecular flexibility index (Phi) is 1.61. The van der Waals surface area contributed by atoms with Gasteiger partial charge in [-0.1, -0.05) is 11.6 Å². The largest absolute Gasteiger partial charge is 0.352 e. The van der Waals surface area contributed by atoms with Crippen LogP contribution in [0.1, 0.15) is 0 Å². The van der Waals surface area contributed by atoms with Crippen LogP contribution in [-0.2, 0) is 0 Å². The van der Waals surface area contributed by atoms with E-state index in [1.807, 2.05) is 0 Å². The molecule has 0 amide bonds. The SMILES string of the molecule is Clc1c(N2CC2)nc(N2CC2)nc1N1CC1. The molecule has 0 atom stereocenters. The van der Waals surface area contributed by atoms with Gasteiger partial charge in [0.25, 0.3) is 0 Å². The molecule has 3 aliphatic rings. The number of hydrogen-bond donors (Lipinski definition) is 0. The van der Waals surface area contributed by atoms with Crippen molar-refractivity contribution in [3.05, 3.63) is 5.02 Å². The average molecular weight is 238 g/mol. The van der Waals surface area contributed by atoms with Crippen LogP contribution in [0.5, 0.6) is 0 Å². The Balaban J connectivity index is 1.83. The molecule has 0 unspecified atom stereocenters. The van der Waals surface area contributed by atoms with E-state index in [1.165, 1.54) is 0 Å². The van der Waals surface area contributed by atoms with E-state index in [-0.39, 0.29) is 0 Å². The van der Waals surface area contributed by atoms with Crippen molar-refractivity contribution in [2.75, 3.05) is 54.0 Å². The lowest BCUT2D eigenvalue weighted by Gasteiger charge is -2.12. The van der Waals surface area contributed by atoms with E-state index < -0.39 is 0 Å². The summed E-state index contributed by atoms with van der Waals surface area (Å²) >= 11 is 6.35. The maximum atomic E-state index is 6.35. The summed E-state index contributed by atoms with van der Waals surface area (Å²) in [7, 11) is 0. The van der Waals surface area contributed by atoms with Crippen molar-refractivity contribution in [3.63, 3.8) is 0 Å². The zero-order chi connectivity index (χ0) is 10.7. The summed E-state index contributed by atoms with van der Waals surface area (Å²) < 4.78 is 0. The van der Waals surface area contributed by atoms with Gasteiger partial charge in [0, 0.05) is 39.3 Å². The van der Waals surface area contributed by atoms with Gasteiger partial charge in [0.1, 0.15) is 5.02 Å². The fraction of sp³-hybridized carbons (Fsp3) is 0.600. The minimum atomic E-state index is 0.723. The molecule has 3 saturated heterocycles. The van der Waals surface area contributed by atoms with Crippen molar-refractivity contribution < 1.29 is 0 Å². The molecule has 1 aromatic heterocycles. The fourth-order valence-electron chi connectivity index (χ4n) is 1.75. The third kappa shape index (κ3) is 1.38. The lowest BCUT2D eigenvalue weighted by Crippen LogP contribution is -2.08. The number of aromatic nitrogens is 2. The third-order valence-corrected chi connectivity index (χ3v) is 3.37. The molecule has 0 aromatic carbocycles. The highest BCUT2D eigenvalue weighted by Gasteiger charge is 2.32. The summed E-state index contributed by atoms with van der Waals surface area (Å²) in [5, 5.41) is 0.723. The van der Waals surface area contributed by atoms with E-state index >= 15 is 0 Å². The second-order valence-corrected chi connectivity index (χ2v) is 4.82. The average Bonchev–Trinajstić information content (AvgIpc) is 3.16. The molecule has 4 rings (SSSR count). The smallest absolute Gasteiger partial charge is 0.229 e. The van der Waals surface area contributed by atoms with Crippen LogP contribution in [0.2, 0.25) is 5.02 Å². The summed E-state index contributed by atoms with van der Waals surface area (Å²) in [5.74, 6) is 2.68. The van der Waals surface area contributed by atoms with Crippen molar-refractivity contribution in [2.45, 2.75) is 0 Å². The van der Waals surface area contributed by atoms with Gasteiger partial charge in [-0.2, -0.15) is 9.97 Å². The summed E-state index contributed by atoms with van der Waals surface area (Å²) in [6.45, 7) is 6.40. The molecule has 0 saturated carbocycles. The van der Waals surface area contributed by atoms with Gasteiger partial charge in [-0.15, -0.1) is 0 Å². The fourth-order valence-corrected chi connectivity index (χ4v) is 2.07. The van der Waals surface area contributed by atoms with Gasteiger partial charge in [-0.25, -0.2) is 0 Å². The van der Waals surface area contributed by atoms with Crippen LogP contribution in [0.3, 0.4) is 0 Å². The van der Waals surface area contributed by atoms with E-state index in [2.05, 4.69) is 24.7 Å². The highest BCUT2D eigenvalue weighted by atomic mass is 35.5. The van der Waals surface area contributed by atoms with Crippen molar-refractivity contribution in [2.24, 2.45) is 0 Å². The number of anilines is 3. The highest BCUT2D eigenvalue weighted by molar-refractivity contribution is 6.35. The number of rotatable bonds is 3. The monoisotopic (exact) mass is 237 g/mol. The minimum Gasteiger partial charge on any atom is -0.352 e. The van der Waals surface area contributed by atoms with E-state index in [0.717, 1.165) is 61.9 Å². The van der Waals surface area contributed by atoms with E-state index in [9.17, 15) is 0 Å². The Morgan fingerprint density at radius 3 is 1.56 bits per heavy atom. The Bertz CT molecular complexity index is 418. The molecule has 0 bridgehead atoms. The highest BCUT2D eigenvalue weighted by Crippen LogP contribution is 2.39. The van der Waals surface area contributed by atoms with Gasteiger partial charge in [0.15, 0.2) is 11.6 Å². The van der Waals surface area contributed by atoms with Crippen LogP contribution in [0.4, 0.5) is 17.6 Å². The first kappa shape index (κ1) is 8.87. The molecule has 0 radical (unpaired) electrons. The van der Waals surface area contributed by atoms with E-state index in [1.54, 1.807) is 0 Å². The normalized spacial score (nSPS) is 21.4. The molecular weight excluding hydrogens is 226 g/mol. The van der Waals surface area contributed by atoms with Crippen LogP contribution in [-0.4, -0.2) is 49.2 Å². The third-order valence-electron chi connectivity index (χ3n) is 3.03. The maximum absolute atomic E-state index is 6.35. The van der Waals surface area contributed by atoms with Crippen molar-refractivity contribution in [1.29, 1.82) is 0 Å². The molecule has 84 valence electrons. The molecule has 0 aliphatic carbocycles. The molecule has 3 aliphatic heterocycles. The molecule has 5 nitrogen and oxygen atoms in total. The molecule has 1 aromatic rings. The first-order chi connectivity index (χ1) is 7.83. The Morgan fingerprint density at radius 2 is 1.19 bits per heavy atom. The van der Waals surface area contributed by atoms with Crippen LogP contribution < -0.4 is 14.7 Å². The topological polar surface area (TPSA) is 34.8 Å². The zero-order valence-electron chi connectivity index (χ0n) is 8.86. The lowest BCUT2D eigenvalue weighted by atomic mass is 10.5. The number of nitrogens with zero attached hydrogens (tertiary/aromatic N) is 5. The quantitative estimate of drug-likeness (QED) is 0.719. The van der Waals surface area contributed by atoms with Crippen molar-refractivity contribution in [3.8, 4) is 0 Å². The van der Waals surface area contributed by atoms with E-state index in [4.69, 9.17) is 11.6 Å². The lowest BCUT2D eigenvalue weighted by molar-refractivity contribution is 1.07. The van der Waals surface area contributed by atoms with Crippen molar-refractivity contribution >= 4 is 29.2 Å². The van der Waals surface area contributed by atoms with Gasteiger partial charge in [-0.3, -0.25) is 0 Å². The summed E-state index contributed by atoms with van der Waals surface area (Å²) in [5.41, 5.74) is 0. The molecular formula is C10H12ClN5. The molecule has 0 spiro atoms. The van der Waals surface area contributed by atoms with E-state index in [0.29, 0.717) is 0 Å². The number of halogens is 1. The molecule has 0 N–H and O–H groups in total. The van der Waals surface area contributed by atoms with Gasteiger partial charge in [-0.05, 0) is 0 Å². The second-order valence-electron chi connectivity index (χ2n) is 4.45. The predicted molar refractivity (Wildman–Crippen MR) is 63.7 cm³/mol. The maximum Gasteiger partial charge on any atom is 0.229 e. The molecule has 4 heterocycles. The van der Waals surface area contributed by atoms with Crippen LogP contribution in [0.15, 0.2) is 0 Å². The zero-order valence-corrected chi connectivity index (χ0v) is 9.61. The Hall–Kier alpha value is -1.23. The van der Waals surface area contributed by atoms with Gasteiger partial charge in [0.05, 0.1) is 0 Å². The summed E-state index contributed by atoms with van der Waals surface area (Å²) in [4.78, 5) is 15.6. The summed E-state index contributed by atoms with van der Waals surface area (Å²) in [6, 6.07) is 0. The minimum absolute atomic E-state index is 0.723. The first-order valence-corrected chi connectivity index (χ1v) is 6.03. The standard InChI is InChI=1S/C10H12ClN5/c11-7-8(14-1-2-14)12-10(16-5-6-16)13-9(7)15-3-4-15/h1-6H2.